The number of phenols is 1. The molecule has 0 fully saturated rings. The topological polar surface area (TPSA) is 85.2 Å². The standard InChI is InChI=1S/C6H5N3O2/c7-3-1-4-5(2-6(3)10)9-11-8-4/h1-2,10H,7H2. The summed E-state index contributed by atoms with van der Waals surface area (Å²) in [7, 11) is 0. The van der Waals surface area contributed by atoms with Gasteiger partial charge in [0.05, 0.1) is 5.69 Å². The lowest BCUT2D eigenvalue weighted by Crippen LogP contribution is -1.84. The molecule has 0 saturated carbocycles. The fourth-order valence-electron chi connectivity index (χ4n) is 0.837. The molecule has 1 heterocycles. The highest BCUT2D eigenvalue weighted by Crippen LogP contribution is 2.24. The number of benzene rings is 1. The number of anilines is 1. The van der Waals surface area contributed by atoms with Crippen LogP contribution in [0.5, 0.6) is 5.75 Å². The third-order valence-electron chi connectivity index (χ3n) is 1.40. The average Bonchev–Trinajstić information content (AvgIpc) is 2.36. The lowest BCUT2D eigenvalue weighted by Gasteiger charge is -1.93. The van der Waals surface area contributed by atoms with Gasteiger partial charge in [-0.05, 0) is 16.4 Å². The fourth-order valence-corrected chi connectivity index (χ4v) is 0.837. The zero-order valence-electron chi connectivity index (χ0n) is 5.48. The maximum Gasteiger partial charge on any atom is 0.140 e. The molecule has 0 aliphatic carbocycles. The maximum absolute atomic E-state index is 9.10. The Kier molecular flexibility index (Phi) is 1.00. The first-order valence-electron chi connectivity index (χ1n) is 2.98. The third-order valence-corrected chi connectivity index (χ3v) is 1.40. The molecular formula is C6H5N3O2. The van der Waals surface area contributed by atoms with E-state index in [4.69, 9.17) is 10.8 Å². The van der Waals surface area contributed by atoms with Gasteiger partial charge in [0, 0.05) is 6.07 Å². The normalized spacial score (nSPS) is 10.5. The molecule has 0 aliphatic heterocycles. The zero-order chi connectivity index (χ0) is 7.84. The summed E-state index contributed by atoms with van der Waals surface area (Å²) in [5.41, 5.74) is 6.70. The summed E-state index contributed by atoms with van der Waals surface area (Å²) in [5.74, 6) is -0.00630. The number of nitrogens with zero attached hydrogens (tertiary/aromatic N) is 2. The summed E-state index contributed by atoms with van der Waals surface area (Å²) in [6.07, 6.45) is 0. The average molecular weight is 151 g/mol. The molecule has 0 aliphatic rings. The van der Waals surface area contributed by atoms with Crippen molar-refractivity contribution in [2.75, 3.05) is 5.73 Å². The smallest absolute Gasteiger partial charge is 0.140 e. The molecule has 0 amide bonds. The Morgan fingerprint density at radius 3 is 2.64 bits per heavy atom. The maximum atomic E-state index is 9.10. The second kappa shape index (κ2) is 1.85. The minimum Gasteiger partial charge on any atom is -0.506 e. The molecule has 3 N–H and O–H groups in total. The molecule has 0 unspecified atom stereocenters. The van der Waals surface area contributed by atoms with Gasteiger partial charge in [0.15, 0.2) is 0 Å². The molecular weight excluding hydrogens is 146 g/mol. The van der Waals surface area contributed by atoms with Gasteiger partial charge in [0.2, 0.25) is 0 Å². The largest absolute Gasteiger partial charge is 0.506 e. The van der Waals surface area contributed by atoms with Crippen LogP contribution >= 0.6 is 0 Å². The zero-order valence-corrected chi connectivity index (χ0v) is 5.48. The van der Waals surface area contributed by atoms with E-state index in [1.807, 2.05) is 0 Å². The predicted molar refractivity (Wildman–Crippen MR) is 37.9 cm³/mol. The van der Waals surface area contributed by atoms with Gasteiger partial charge in [0.25, 0.3) is 0 Å². The summed E-state index contributed by atoms with van der Waals surface area (Å²) < 4.78 is 4.41. The second-order valence-corrected chi connectivity index (χ2v) is 2.16. The number of nitrogens with two attached hydrogens (primary N) is 1. The Hall–Kier alpha value is -1.78. The van der Waals surface area contributed by atoms with Gasteiger partial charge >= 0.3 is 0 Å². The van der Waals surface area contributed by atoms with E-state index in [-0.39, 0.29) is 11.4 Å². The molecule has 2 aromatic rings. The van der Waals surface area contributed by atoms with Gasteiger partial charge < -0.3 is 10.8 Å². The van der Waals surface area contributed by atoms with Crippen LogP contribution in [-0.4, -0.2) is 15.4 Å². The molecule has 0 bridgehead atoms. The SMILES string of the molecule is Nc1cc2nonc2cc1O. The van der Waals surface area contributed by atoms with E-state index < -0.39 is 0 Å². The Morgan fingerprint density at radius 2 is 1.91 bits per heavy atom. The first-order valence-corrected chi connectivity index (χ1v) is 2.98. The molecule has 0 saturated heterocycles. The van der Waals surface area contributed by atoms with Crippen molar-refractivity contribution in [1.29, 1.82) is 0 Å². The van der Waals surface area contributed by atoms with Crippen molar-refractivity contribution in [3.05, 3.63) is 12.1 Å². The number of phenolic OH excluding ortho intramolecular Hbond substituents is 1. The number of aromatic nitrogens is 2. The molecule has 11 heavy (non-hydrogen) atoms. The van der Waals surface area contributed by atoms with E-state index >= 15 is 0 Å². The van der Waals surface area contributed by atoms with Crippen molar-refractivity contribution >= 4 is 16.7 Å². The lowest BCUT2D eigenvalue weighted by atomic mass is 10.2. The van der Waals surface area contributed by atoms with E-state index in [1.54, 1.807) is 0 Å². The van der Waals surface area contributed by atoms with Crippen molar-refractivity contribution in [1.82, 2.24) is 10.3 Å². The van der Waals surface area contributed by atoms with Crippen molar-refractivity contribution in [2.45, 2.75) is 0 Å². The summed E-state index contributed by atoms with van der Waals surface area (Å²) in [6.45, 7) is 0. The minimum atomic E-state index is -0.00630. The number of hydrogen-bond donors (Lipinski definition) is 2. The van der Waals surface area contributed by atoms with E-state index in [1.165, 1.54) is 12.1 Å². The van der Waals surface area contributed by atoms with Crippen LogP contribution in [0.3, 0.4) is 0 Å². The molecule has 5 nitrogen and oxygen atoms in total. The number of rotatable bonds is 0. The first-order chi connectivity index (χ1) is 5.27. The predicted octanol–water partition coefficient (Wildman–Crippen LogP) is 0.511. The molecule has 5 heteroatoms. The molecule has 2 rings (SSSR count). The van der Waals surface area contributed by atoms with Crippen LogP contribution in [0.2, 0.25) is 0 Å². The van der Waals surface area contributed by atoms with Gasteiger partial charge in [-0.1, -0.05) is 0 Å². The monoisotopic (exact) mass is 151 g/mol. The lowest BCUT2D eigenvalue weighted by molar-refractivity contribution is 0.315. The Balaban J connectivity index is 2.86. The van der Waals surface area contributed by atoms with Crippen LogP contribution in [0.4, 0.5) is 5.69 Å². The Bertz CT molecular complexity index is 360. The van der Waals surface area contributed by atoms with E-state index in [2.05, 4.69) is 14.9 Å². The molecule has 1 aromatic carbocycles. The van der Waals surface area contributed by atoms with Crippen LogP contribution in [0.25, 0.3) is 11.0 Å². The minimum absolute atomic E-state index is 0.00630. The van der Waals surface area contributed by atoms with Gasteiger partial charge in [-0.2, -0.15) is 0 Å². The quantitative estimate of drug-likeness (QED) is 0.423. The highest BCUT2D eigenvalue weighted by molar-refractivity contribution is 5.80. The third kappa shape index (κ3) is 0.778. The van der Waals surface area contributed by atoms with Gasteiger partial charge in [-0.3, -0.25) is 0 Å². The van der Waals surface area contributed by atoms with Gasteiger partial charge in [0.1, 0.15) is 16.8 Å². The summed E-state index contributed by atoms with van der Waals surface area (Å²) in [4.78, 5) is 0. The van der Waals surface area contributed by atoms with Gasteiger partial charge in [-0.15, -0.1) is 0 Å². The second-order valence-electron chi connectivity index (χ2n) is 2.16. The number of aromatic hydroxyl groups is 1. The number of fused-ring (bicyclic) bond motifs is 1. The number of nitrogen functional groups attached to an aromatic ring is 1. The molecule has 1 aromatic heterocycles. The van der Waals surface area contributed by atoms with E-state index in [0.717, 1.165) is 0 Å². The Labute approximate surface area is 61.4 Å². The summed E-state index contributed by atoms with van der Waals surface area (Å²) >= 11 is 0. The number of hydrogen-bond acceptors (Lipinski definition) is 5. The summed E-state index contributed by atoms with van der Waals surface area (Å²) in [6, 6.07) is 2.91. The molecule has 0 atom stereocenters. The molecule has 0 radical (unpaired) electrons. The fraction of sp³-hybridized carbons (Fsp3) is 0. The Morgan fingerprint density at radius 1 is 1.27 bits per heavy atom. The van der Waals surface area contributed by atoms with Gasteiger partial charge in [-0.25, -0.2) is 4.63 Å². The molecule has 0 spiro atoms. The van der Waals surface area contributed by atoms with Crippen LogP contribution in [0, 0.1) is 0 Å². The van der Waals surface area contributed by atoms with Crippen molar-refractivity contribution in [3.63, 3.8) is 0 Å². The van der Waals surface area contributed by atoms with Crippen molar-refractivity contribution in [2.24, 2.45) is 0 Å². The summed E-state index contributed by atoms with van der Waals surface area (Å²) in [5, 5.41) is 16.2. The highest BCUT2D eigenvalue weighted by Gasteiger charge is 2.03. The van der Waals surface area contributed by atoms with Crippen LogP contribution in [0.15, 0.2) is 16.8 Å². The van der Waals surface area contributed by atoms with Crippen molar-refractivity contribution in [3.8, 4) is 5.75 Å². The molecule has 56 valence electrons. The van der Waals surface area contributed by atoms with E-state index in [9.17, 15) is 0 Å². The van der Waals surface area contributed by atoms with E-state index in [0.29, 0.717) is 11.0 Å². The van der Waals surface area contributed by atoms with Crippen LogP contribution in [-0.2, 0) is 0 Å². The van der Waals surface area contributed by atoms with Crippen LogP contribution in [0.1, 0.15) is 0 Å². The first kappa shape index (κ1) is 5.96. The highest BCUT2D eigenvalue weighted by atomic mass is 16.6. The van der Waals surface area contributed by atoms with Crippen LogP contribution < -0.4 is 5.73 Å². The van der Waals surface area contributed by atoms with Crippen molar-refractivity contribution < 1.29 is 9.74 Å².